The van der Waals surface area contributed by atoms with Gasteiger partial charge in [0.2, 0.25) is 65.0 Å². The lowest BCUT2D eigenvalue weighted by Crippen LogP contribution is -2.65. The van der Waals surface area contributed by atoms with Crippen molar-refractivity contribution in [3.05, 3.63) is 35.9 Å². The number of esters is 1. The van der Waals surface area contributed by atoms with Crippen molar-refractivity contribution in [3.63, 3.8) is 0 Å². The molecular weight excluding hydrogens is 1070 g/mol. The number of carbonyl (C=O) groups is 13. The highest BCUT2D eigenvalue weighted by Crippen LogP contribution is 2.23. The molecule has 1 aliphatic rings. The molecule has 0 bridgehead atoms. The van der Waals surface area contributed by atoms with Crippen molar-refractivity contribution in [2.75, 3.05) is 13.1 Å². The van der Waals surface area contributed by atoms with Crippen LogP contribution in [0.25, 0.3) is 0 Å². The third kappa shape index (κ3) is 21.9. The number of carbonyl (C=O) groups excluding carboxylic acids is 13. The molecular formula is C55H88N12O15. The van der Waals surface area contributed by atoms with E-state index in [1.165, 1.54) is 88.0 Å². The van der Waals surface area contributed by atoms with Crippen molar-refractivity contribution >= 4 is 77.0 Å². The minimum atomic E-state index is -1.78. The third-order valence-electron chi connectivity index (χ3n) is 12.8. The molecule has 27 heteroatoms. The number of primary amides is 1. The van der Waals surface area contributed by atoms with Gasteiger partial charge < -0.3 is 73.3 Å². The van der Waals surface area contributed by atoms with E-state index in [0.717, 1.165) is 5.56 Å². The molecule has 0 saturated carbocycles. The van der Waals surface area contributed by atoms with Crippen LogP contribution < -0.4 is 58.9 Å². The summed E-state index contributed by atoms with van der Waals surface area (Å²) in [4.78, 5) is 174. The molecule has 1 aliphatic heterocycles. The van der Waals surface area contributed by atoms with Gasteiger partial charge in [-0.15, -0.1) is 0 Å². The quantitative estimate of drug-likeness (QED) is 0.0501. The molecule has 82 heavy (non-hydrogen) atoms. The fourth-order valence-electron chi connectivity index (χ4n) is 7.83. The zero-order valence-electron chi connectivity index (χ0n) is 50.4. The van der Waals surface area contributed by atoms with Crippen LogP contribution in [0.1, 0.15) is 149 Å². The van der Waals surface area contributed by atoms with Crippen LogP contribution in [-0.2, 0) is 73.6 Å². The zero-order chi connectivity index (χ0) is 63.1. The second-order valence-electron chi connectivity index (χ2n) is 24.3. The summed E-state index contributed by atoms with van der Waals surface area (Å²) >= 11 is 0. The van der Waals surface area contributed by atoms with Crippen LogP contribution >= 0.6 is 0 Å². The lowest BCUT2D eigenvalue weighted by Gasteiger charge is -2.35. The lowest BCUT2D eigenvalue weighted by atomic mass is 9.97. The van der Waals surface area contributed by atoms with Crippen LogP contribution in [0.2, 0.25) is 0 Å². The molecule has 0 unspecified atom stereocenters. The van der Waals surface area contributed by atoms with Gasteiger partial charge in [-0.2, -0.15) is 0 Å². The molecule has 458 valence electrons. The number of benzene rings is 1. The average Bonchev–Trinajstić information content (AvgIpc) is 4.05. The second-order valence-corrected chi connectivity index (χ2v) is 24.3. The maximum Gasteiger partial charge on any atom is 0.408 e. The largest absolute Gasteiger partial charge is 0.460 e. The van der Waals surface area contributed by atoms with Gasteiger partial charge >= 0.3 is 12.1 Å². The van der Waals surface area contributed by atoms with E-state index in [1.54, 1.807) is 65.0 Å². The summed E-state index contributed by atoms with van der Waals surface area (Å²) < 4.78 is 10.5. The molecule has 27 nitrogen and oxygen atoms in total. The Balaban J connectivity index is 2.05. The van der Waals surface area contributed by atoms with Crippen LogP contribution in [-0.4, -0.2) is 159 Å². The average molecular weight is 1160 g/mol. The Hall–Kier alpha value is -7.87. The Morgan fingerprint density at radius 1 is 0.585 bits per heavy atom. The SMILES string of the molecule is CC(C)[C@H](NC(=O)C(C)(C)NC(=O)[C@H](CCC(N)=O)NC(=O)[C@H](C)NC(=O)C(C)(C)NC(=O)[C@H](C)NC(=O)C(C)(C)NC(=O)[C@@H]1CCCN1C(=O)C(C)(C)NC(=O)OC(C)(C)C)C(=O)NC(C)(C)C(=O)NCC(=O)OCc1ccccc1. The van der Waals surface area contributed by atoms with Gasteiger partial charge in [0.15, 0.2) is 0 Å². The van der Waals surface area contributed by atoms with Crippen LogP contribution in [0.4, 0.5) is 4.79 Å². The number of hydrogen-bond donors (Lipinski definition) is 11. The first-order valence-corrected chi connectivity index (χ1v) is 27.0. The van der Waals surface area contributed by atoms with Gasteiger partial charge in [0.25, 0.3) is 0 Å². The Kier molecular flexibility index (Phi) is 24.6. The first kappa shape index (κ1) is 70.2. The van der Waals surface area contributed by atoms with Gasteiger partial charge in [-0.1, -0.05) is 44.2 Å². The summed E-state index contributed by atoms with van der Waals surface area (Å²) in [6.07, 6.45) is -0.822. The van der Waals surface area contributed by atoms with E-state index in [2.05, 4.69) is 53.2 Å². The summed E-state index contributed by atoms with van der Waals surface area (Å²) in [5.41, 5.74) is -2.89. The molecule has 1 fully saturated rings. The number of hydrogen-bond acceptors (Lipinski definition) is 15. The maximum atomic E-state index is 13.8. The molecule has 1 heterocycles. The van der Waals surface area contributed by atoms with Crippen molar-refractivity contribution in [2.45, 2.75) is 213 Å². The fraction of sp³-hybridized carbons (Fsp3) is 0.655. The number of nitrogens with one attached hydrogen (secondary N) is 10. The number of rotatable bonds is 27. The minimum Gasteiger partial charge on any atom is -0.460 e. The summed E-state index contributed by atoms with van der Waals surface area (Å²) in [6.45, 7) is 24.4. The molecule has 2 rings (SSSR count). The van der Waals surface area contributed by atoms with Crippen LogP contribution in [0.3, 0.4) is 0 Å². The van der Waals surface area contributed by atoms with Crippen LogP contribution in [0, 0.1) is 5.92 Å². The standard InChI is InChI=1S/C55H88N12O15/c1-30(2)38(43(74)65-51(8,9)44(75)57-28-37(69)81-29-33-22-19-18-20-23-33)61-47(78)54(14,15)63-41(72)34(25-26-36(56)68)60-39(70)31(3)58-45(76)52(10,11)62-40(71)32(4)59-46(77)53(12,13)64-42(73)35-24-21-27-67(35)48(79)55(16,17)66-49(80)82-50(5,6)7/h18-20,22-23,30-32,34-35,38H,21,24-29H2,1-17H3,(H2,56,68)(H,57,75)(H,58,76)(H,59,77)(H,60,70)(H,61,78)(H,62,71)(H,63,72)(H,64,73)(H,65,74)(H,66,80)/t31-,32-,34-,35-,38-/m0/s1. The van der Waals surface area contributed by atoms with Gasteiger partial charge in [0.05, 0.1) is 0 Å². The molecule has 12 N–H and O–H groups in total. The molecule has 12 amide bonds. The molecule has 0 aliphatic carbocycles. The van der Waals surface area contributed by atoms with E-state index < -0.39 is 159 Å². The zero-order valence-corrected chi connectivity index (χ0v) is 50.4. The summed E-state index contributed by atoms with van der Waals surface area (Å²) in [5, 5.41) is 25.2. The molecule has 1 aromatic carbocycles. The first-order chi connectivity index (χ1) is 37.4. The molecule has 0 radical (unpaired) electrons. The van der Waals surface area contributed by atoms with E-state index in [1.807, 2.05) is 0 Å². The predicted molar refractivity (Wildman–Crippen MR) is 299 cm³/mol. The fourth-order valence-corrected chi connectivity index (χ4v) is 7.83. The minimum absolute atomic E-state index is 0.0111. The van der Waals surface area contributed by atoms with Crippen molar-refractivity contribution in [1.82, 2.24) is 58.1 Å². The Morgan fingerprint density at radius 3 is 1.60 bits per heavy atom. The monoisotopic (exact) mass is 1160 g/mol. The first-order valence-electron chi connectivity index (χ1n) is 27.0. The van der Waals surface area contributed by atoms with Crippen LogP contribution in [0.5, 0.6) is 0 Å². The van der Waals surface area contributed by atoms with E-state index in [-0.39, 0.29) is 26.0 Å². The number of alkyl carbamates (subject to hydrolysis) is 1. The van der Waals surface area contributed by atoms with E-state index >= 15 is 0 Å². The van der Waals surface area contributed by atoms with E-state index in [4.69, 9.17) is 15.2 Å². The van der Waals surface area contributed by atoms with Gasteiger partial charge in [-0.3, -0.25) is 57.5 Å². The smallest absolute Gasteiger partial charge is 0.408 e. The second kappa shape index (κ2) is 28.7. The van der Waals surface area contributed by atoms with Crippen molar-refractivity contribution in [2.24, 2.45) is 11.7 Å². The number of nitrogens with two attached hydrogens (primary N) is 1. The van der Waals surface area contributed by atoms with E-state index in [9.17, 15) is 62.3 Å². The van der Waals surface area contributed by atoms with Crippen molar-refractivity contribution in [3.8, 4) is 0 Å². The molecule has 0 aromatic heterocycles. The maximum absolute atomic E-state index is 13.8. The molecule has 1 aromatic rings. The highest BCUT2D eigenvalue weighted by molar-refractivity contribution is 6.01. The molecule has 5 atom stereocenters. The van der Waals surface area contributed by atoms with Gasteiger partial charge in [0, 0.05) is 13.0 Å². The van der Waals surface area contributed by atoms with Crippen molar-refractivity contribution < 1.29 is 71.8 Å². The summed E-state index contributed by atoms with van der Waals surface area (Å²) in [5.74, 6) is -10.0. The van der Waals surface area contributed by atoms with Gasteiger partial charge in [-0.25, -0.2) is 4.79 Å². The predicted octanol–water partition coefficient (Wildman–Crippen LogP) is -0.380. The summed E-state index contributed by atoms with van der Waals surface area (Å²) in [7, 11) is 0. The third-order valence-corrected chi connectivity index (χ3v) is 12.8. The number of likely N-dealkylation sites (tertiary alicyclic amines) is 1. The lowest BCUT2D eigenvalue weighted by molar-refractivity contribution is -0.146. The Bertz CT molecular complexity index is 2560. The number of nitrogens with zero attached hydrogens (tertiary/aromatic N) is 1. The summed E-state index contributed by atoms with van der Waals surface area (Å²) in [6, 6.07) is 2.48. The molecule has 0 spiro atoms. The Morgan fingerprint density at radius 2 is 1.07 bits per heavy atom. The van der Waals surface area contributed by atoms with Gasteiger partial charge in [-0.05, 0) is 135 Å². The van der Waals surface area contributed by atoms with Crippen molar-refractivity contribution in [1.29, 1.82) is 0 Å². The van der Waals surface area contributed by atoms with E-state index in [0.29, 0.717) is 6.42 Å². The van der Waals surface area contributed by atoms with Gasteiger partial charge in [0.1, 0.15) is 76.7 Å². The molecule has 1 saturated heterocycles. The topological polar surface area (TPSA) is 390 Å². The number of ether oxygens (including phenoxy) is 2. The Labute approximate surface area is 479 Å². The highest BCUT2D eigenvalue weighted by atomic mass is 16.6. The van der Waals surface area contributed by atoms with Crippen LogP contribution in [0.15, 0.2) is 30.3 Å². The highest BCUT2D eigenvalue weighted by Gasteiger charge is 2.45. The normalized spacial score (nSPS) is 15.4. The number of amides is 12.